The van der Waals surface area contributed by atoms with Gasteiger partial charge in [-0.1, -0.05) is 19.8 Å². The van der Waals surface area contributed by atoms with Gasteiger partial charge in [0.15, 0.2) is 0 Å². The van der Waals surface area contributed by atoms with E-state index in [1.165, 1.54) is 45.3 Å². The summed E-state index contributed by atoms with van der Waals surface area (Å²) in [5.74, 6) is 1.10. The maximum absolute atomic E-state index is 3.54. The molecule has 0 aromatic rings. The second-order valence-corrected chi connectivity index (χ2v) is 4.58. The van der Waals surface area contributed by atoms with E-state index in [4.69, 9.17) is 0 Å². The van der Waals surface area contributed by atoms with Gasteiger partial charge in [0.1, 0.15) is 0 Å². The molecule has 2 heteroatoms. The van der Waals surface area contributed by atoms with Crippen molar-refractivity contribution in [3.05, 3.63) is 0 Å². The van der Waals surface area contributed by atoms with Crippen LogP contribution in [0.1, 0.15) is 32.6 Å². The largest absolute Gasteiger partial charge is 0.313 e. The van der Waals surface area contributed by atoms with Crippen molar-refractivity contribution in [2.75, 3.05) is 26.2 Å². The fraction of sp³-hybridized carbons (Fsp3) is 1.00. The molecule has 0 aromatic carbocycles. The molecule has 1 atom stereocenters. The first-order valence-corrected chi connectivity index (χ1v) is 5.84. The lowest BCUT2D eigenvalue weighted by Crippen LogP contribution is -2.32. The number of rotatable bonds is 5. The third-order valence-corrected chi connectivity index (χ3v) is 3.32. The Labute approximate surface area is 81.7 Å². The van der Waals surface area contributed by atoms with Gasteiger partial charge < -0.3 is 10.2 Å². The van der Waals surface area contributed by atoms with Crippen LogP contribution < -0.4 is 5.32 Å². The van der Waals surface area contributed by atoms with Gasteiger partial charge in [-0.3, -0.25) is 0 Å². The number of nitrogens with zero attached hydrogens (tertiary/aromatic N) is 1. The van der Waals surface area contributed by atoms with E-state index < -0.39 is 0 Å². The fourth-order valence-electron chi connectivity index (χ4n) is 2.26. The molecule has 0 bridgehead atoms. The molecule has 2 nitrogen and oxygen atoms in total. The Morgan fingerprint density at radius 3 is 2.85 bits per heavy atom. The highest BCUT2D eigenvalue weighted by Gasteiger charge is 2.25. The molecule has 1 aliphatic carbocycles. The standard InChI is InChI=1S/C11H22N2/c1-2-12-11-6-8-13(9-11)7-5-10-3-4-10/h10-12H,2-9H2,1H3. The summed E-state index contributed by atoms with van der Waals surface area (Å²) in [6, 6.07) is 0.782. The summed E-state index contributed by atoms with van der Waals surface area (Å²) in [6.45, 7) is 7.30. The highest BCUT2D eigenvalue weighted by Crippen LogP contribution is 2.32. The average molecular weight is 182 g/mol. The van der Waals surface area contributed by atoms with E-state index in [0.717, 1.165) is 18.5 Å². The normalized spacial score (nSPS) is 29.8. The van der Waals surface area contributed by atoms with Gasteiger partial charge in [-0.05, 0) is 38.4 Å². The van der Waals surface area contributed by atoms with E-state index in [1.807, 2.05) is 0 Å². The van der Waals surface area contributed by atoms with Crippen molar-refractivity contribution in [2.24, 2.45) is 5.92 Å². The molecule has 1 saturated carbocycles. The highest BCUT2D eigenvalue weighted by atomic mass is 15.2. The molecule has 1 saturated heterocycles. The summed E-state index contributed by atoms with van der Waals surface area (Å²) < 4.78 is 0. The molecule has 0 aromatic heterocycles. The zero-order valence-electron chi connectivity index (χ0n) is 8.76. The van der Waals surface area contributed by atoms with Crippen molar-refractivity contribution in [1.29, 1.82) is 0 Å². The monoisotopic (exact) mass is 182 g/mol. The summed E-state index contributed by atoms with van der Waals surface area (Å²) in [7, 11) is 0. The number of likely N-dealkylation sites (N-methyl/N-ethyl adjacent to an activating group) is 1. The van der Waals surface area contributed by atoms with Crippen LogP contribution >= 0.6 is 0 Å². The van der Waals surface area contributed by atoms with Crippen molar-refractivity contribution in [3.8, 4) is 0 Å². The van der Waals surface area contributed by atoms with Gasteiger partial charge in [0, 0.05) is 12.6 Å². The smallest absolute Gasteiger partial charge is 0.0207 e. The van der Waals surface area contributed by atoms with E-state index in [2.05, 4.69) is 17.1 Å². The average Bonchev–Trinajstić information content (AvgIpc) is 2.85. The lowest BCUT2D eigenvalue weighted by Gasteiger charge is -2.15. The van der Waals surface area contributed by atoms with Crippen molar-refractivity contribution in [3.63, 3.8) is 0 Å². The second-order valence-electron chi connectivity index (χ2n) is 4.58. The van der Waals surface area contributed by atoms with Crippen LogP contribution in [-0.4, -0.2) is 37.1 Å². The topological polar surface area (TPSA) is 15.3 Å². The Balaban J connectivity index is 1.59. The molecule has 0 radical (unpaired) electrons. The Bertz CT molecular complexity index is 154. The molecule has 1 N–H and O–H groups in total. The fourth-order valence-corrected chi connectivity index (χ4v) is 2.26. The number of nitrogens with one attached hydrogen (secondary N) is 1. The van der Waals surface area contributed by atoms with Crippen molar-refractivity contribution in [2.45, 2.75) is 38.6 Å². The summed E-state index contributed by atoms with van der Waals surface area (Å²) in [5, 5.41) is 3.54. The zero-order chi connectivity index (χ0) is 9.10. The number of likely N-dealkylation sites (tertiary alicyclic amines) is 1. The summed E-state index contributed by atoms with van der Waals surface area (Å²) in [5.41, 5.74) is 0. The van der Waals surface area contributed by atoms with Crippen molar-refractivity contribution < 1.29 is 0 Å². The first-order valence-electron chi connectivity index (χ1n) is 5.84. The van der Waals surface area contributed by atoms with Crippen LogP contribution in [0.25, 0.3) is 0 Å². The summed E-state index contributed by atoms with van der Waals surface area (Å²) in [6.07, 6.45) is 5.83. The van der Waals surface area contributed by atoms with Gasteiger partial charge in [0.2, 0.25) is 0 Å². The van der Waals surface area contributed by atoms with Crippen LogP contribution in [0.15, 0.2) is 0 Å². The van der Waals surface area contributed by atoms with Crippen LogP contribution in [0.3, 0.4) is 0 Å². The lowest BCUT2D eigenvalue weighted by atomic mass is 10.2. The summed E-state index contributed by atoms with van der Waals surface area (Å²) >= 11 is 0. The highest BCUT2D eigenvalue weighted by molar-refractivity contribution is 4.82. The molecule has 1 aliphatic heterocycles. The van der Waals surface area contributed by atoms with Crippen LogP contribution in [0.5, 0.6) is 0 Å². The Hall–Kier alpha value is -0.0800. The first-order chi connectivity index (χ1) is 6.38. The molecule has 0 amide bonds. The predicted octanol–water partition coefficient (Wildman–Crippen LogP) is 1.47. The molecule has 76 valence electrons. The number of hydrogen-bond donors (Lipinski definition) is 1. The second kappa shape index (κ2) is 4.43. The van der Waals surface area contributed by atoms with Crippen molar-refractivity contribution >= 4 is 0 Å². The third-order valence-electron chi connectivity index (χ3n) is 3.32. The lowest BCUT2D eigenvalue weighted by molar-refractivity contribution is 0.317. The van der Waals surface area contributed by atoms with Crippen LogP contribution in [0.4, 0.5) is 0 Å². The Kier molecular flexibility index (Phi) is 3.23. The van der Waals surface area contributed by atoms with E-state index >= 15 is 0 Å². The van der Waals surface area contributed by atoms with Crippen molar-refractivity contribution in [1.82, 2.24) is 10.2 Å². The minimum atomic E-state index is 0.782. The molecule has 2 fully saturated rings. The molecule has 2 aliphatic rings. The maximum Gasteiger partial charge on any atom is 0.0207 e. The Morgan fingerprint density at radius 1 is 1.31 bits per heavy atom. The van der Waals surface area contributed by atoms with E-state index in [1.54, 1.807) is 0 Å². The third kappa shape index (κ3) is 2.96. The molecule has 1 heterocycles. The predicted molar refractivity (Wildman–Crippen MR) is 55.9 cm³/mol. The van der Waals surface area contributed by atoms with E-state index in [-0.39, 0.29) is 0 Å². The van der Waals surface area contributed by atoms with E-state index in [0.29, 0.717) is 0 Å². The molecular weight excluding hydrogens is 160 g/mol. The molecule has 0 spiro atoms. The molecular formula is C11H22N2. The first kappa shape index (κ1) is 9.47. The van der Waals surface area contributed by atoms with Crippen LogP contribution in [0.2, 0.25) is 0 Å². The van der Waals surface area contributed by atoms with Crippen LogP contribution in [-0.2, 0) is 0 Å². The molecule has 13 heavy (non-hydrogen) atoms. The quantitative estimate of drug-likeness (QED) is 0.692. The minimum absolute atomic E-state index is 0.782. The zero-order valence-corrected chi connectivity index (χ0v) is 8.76. The molecule has 2 rings (SSSR count). The van der Waals surface area contributed by atoms with Gasteiger partial charge in [-0.2, -0.15) is 0 Å². The van der Waals surface area contributed by atoms with Gasteiger partial charge >= 0.3 is 0 Å². The van der Waals surface area contributed by atoms with Gasteiger partial charge in [-0.25, -0.2) is 0 Å². The van der Waals surface area contributed by atoms with Gasteiger partial charge in [-0.15, -0.1) is 0 Å². The van der Waals surface area contributed by atoms with Gasteiger partial charge in [0.05, 0.1) is 0 Å². The summed E-state index contributed by atoms with van der Waals surface area (Å²) in [4.78, 5) is 2.63. The Morgan fingerprint density at radius 2 is 2.15 bits per heavy atom. The maximum atomic E-state index is 3.54. The SMILES string of the molecule is CCNC1CCN(CCC2CC2)C1. The van der Waals surface area contributed by atoms with Crippen LogP contribution in [0, 0.1) is 5.92 Å². The number of hydrogen-bond acceptors (Lipinski definition) is 2. The minimum Gasteiger partial charge on any atom is -0.313 e. The molecule has 1 unspecified atom stereocenters. The van der Waals surface area contributed by atoms with Gasteiger partial charge in [0.25, 0.3) is 0 Å². The van der Waals surface area contributed by atoms with E-state index in [9.17, 15) is 0 Å².